The van der Waals surface area contributed by atoms with Gasteiger partial charge >= 0.3 is 0 Å². The molecule has 5 N–H and O–H groups in total. The third kappa shape index (κ3) is 20.6. The number of aryl methyl sites for hydroxylation is 1. The van der Waals surface area contributed by atoms with Gasteiger partial charge in [0.25, 0.3) is 0 Å². The quantitative estimate of drug-likeness (QED) is 0.0266. The van der Waals surface area contributed by atoms with E-state index in [1.54, 1.807) is 11.3 Å². The van der Waals surface area contributed by atoms with Crippen LogP contribution < -0.4 is 21.1 Å². The second-order valence-electron chi connectivity index (χ2n) is 22.8. The van der Waals surface area contributed by atoms with Crippen LogP contribution in [0.5, 0.6) is 11.5 Å². The molecule has 0 spiro atoms. The smallest absolute Gasteiger partial charge is 0.243 e. The number of benzene rings is 3. The fraction of sp³-hybridized carbons (Fsp3) is 0.547. The van der Waals surface area contributed by atoms with Crippen LogP contribution >= 0.6 is 11.3 Å². The van der Waals surface area contributed by atoms with E-state index in [4.69, 9.17) is 39.3 Å². The first-order valence-corrected chi connectivity index (χ1v) is 31.2. The van der Waals surface area contributed by atoms with E-state index in [2.05, 4.69) is 35.2 Å². The minimum atomic E-state index is -0.775. The number of hydrogen-bond acceptors (Lipinski definition) is 17. The number of carbonyl (C=O) groups excluding carboxylic acids is 3. The summed E-state index contributed by atoms with van der Waals surface area (Å²) in [4.78, 5) is 57.8. The van der Waals surface area contributed by atoms with Crippen LogP contribution in [0.1, 0.15) is 108 Å². The Morgan fingerprint density at radius 1 is 0.718 bits per heavy atom. The molecular weight excluding hydrogens is 1100 g/mol. The molecule has 0 saturated carbocycles. The lowest BCUT2D eigenvalue weighted by atomic mass is 9.88. The lowest BCUT2D eigenvalue weighted by Gasteiger charge is -2.32. The van der Waals surface area contributed by atoms with Gasteiger partial charge in [-0.05, 0) is 105 Å². The number of ether oxygens (including phenoxy) is 6. The van der Waals surface area contributed by atoms with Crippen molar-refractivity contribution in [3.63, 3.8) is 0 Å². The number of nitrogens with two attached hydrogens (primary N) is 1. The molecular formula is C64H88N10O10S. The number of β-amino-alcohol motifs (C(OH)–C–C–N with tert-alkyl or cyclic N) is 1. The first-order chi connectivity index (χ1) is 41.4. The van der Waals surface area contributed by atoms with E-state index >= 15 is 0 Å². The van der Waals surface area contributed by atoms with Crippen molar-refractivity contribution in [2.45, 2.75) is 123 Å². The molecule has 3 aromatic heterocycles. The van der Waals surface area contributed by atoms with Crippen molar-refractivity contribution in [2.75, 3.05) is 105 Å². The first-order valence-electron chi connectivity index (χ1n) is 30.3. The highest BCUT2D eigenvalue weighted by Crippen LogP contribution is 2.36. The number of hydrogen-bond donors (Lipinski definition) is 4. The number of likely N-dealkylation sites (tertiary alicyclic amines) is 2. The number of piperidine rings is 1. The molecule has 6 aromatic rings. The van der Waals surface area contributed by atoms with Crippen molar-refractivity contribution in [1.29, 1.82) is 0 Å². The number of fused-ring (bicyclic) bond motifs is 1. The van der Waals surface area contributed by atoms with Gasteiger partial charge in [-0.2, -0.15) is 5.10 Å². The van der Waals surface area contributed by atoms with Gasteiger partial charge in [0.1, 0.15) is 35.4 Å². The Balaban J connectivity index is 0.555. The summed E-state index contributed by atoms with van der Waals surface area (Å²) in [5.41, 5.74) is 13.2. The Bertz CT molecular complexity index is 2950. The van der Waals surface area contributed by atoms with Crippen molar-refractivity contribution in [2.24, 2.45) is 5.41 Å². The van der Waals surface area contributed by atoms with Crippen LogP contribution in [-0.2, 0) is 44.6 Å². The normalized spacial score (nSPS) is 15.9. The lowest BCUT2D eigenvalue weighted by molar-refractivity contribution is -0.140. The Labute approximate surface area is 504 Å². The average molecular weight is 1190 g/mol. The number of rotatable bonds is 37. The van der Waals surface area contributed by atoms with Crippen molar-refractivity contribution in [3.05, 3.63) is 102 Å². The predicted octanol–water partition coefficient (Wildman–Crippen LogP) is 8.95. The summed E-state index contributed by atoms with van der Waals surface area (Å²) in [5, 5.41) is 22.3. The van der Waals surface area contributed by atoms with E-state index in [1.165, 1.54) is 24.1 Å². The number of amides is 3. The second-order valence-corrected chi connectivity index (χ2v) is 23.7. The van der Waals surface area contributed by atoms with Gasteiger partial charge in [0.15, 0.2) is 5.65 Å². The molecule has 2 saturated heterocycles. The maximum Gasteiger partial charge on any atom is 0.243 e. The number of aliphatic hydroxyl groups is 1. The topological polar surface area (TPSA) is 240 Å². The van der Waals surface area contributed by atoms with E-state index in [1.807, 2.05) is 105 Å². The van der Waals surface area contributed by atoms with Crippen molar-refractivity contribution in [3.8, 4) is 33.2 Å². The van der Waals surface area contributed by atoms with E-state index in [9.17, 15) is 19.5 Å². The maximum atomic E-state index is 13.5. The van der Waals surface area contributed by atoms with Crippen molar-refractivity contribution < 1.29 is 47.9 Å². The number of carbonyl (C=O) groups is 3. The second kappa shape index (κ2) is 34.1. The van der Waals surface area contributed by atoms with Crippen LogP contribution in [0.4, 0.5) is 5.82 Å². The van der Waals surface area contributed by atoms with Crippen molar-refractivity contribution >= 4 is 45.9 Å². The molecule has 0 bridgehead atoms. The summed E-state index contributed by atoms with van der Waals surface area (Å²) in [6.45, 7) is 15.1. The van der Waals surface area contributed by atoms with Crippen LogP contribution in [0, 0.1) is 12.3 Å². The standard InChI is InChI=1S/C64H88N10O10S/c1-47-60(85-46-70-47)50-19-17-48(18-20-50)42-66-63(78)55-40-52(75)43-73(55)57(77)41-64(2,3)44-67-56(76)16-10-7-13-31-80-33-35-82-37-39-83-38-36-81-34-32-79-30-12-5-4-11-27-72-28-25-51(26-29-72)74-62-58(61(65)68-45-69-62)59(71-74)49-21-23-54(24-22-49)84-53-14-8-6-9-15-53/h6,8-9,14-15,17-24,45-46,51-52,55,75H,4-5,7,10-13,16,25-44H2,1-3H3,(H,66,78)(H,67,76)(H2,65,68,69)/t52-,55+/m1/s1. The Hall–Kier alpha value is -6.43. The van der Waals surface area contributed by atoms with Crippen LogP contribution in [-0.4, -0.2) is 168 Å². The Morgan fingerprint density at radius 2 is 1.33 bits per heavy atom. The monoisotopic (exact) mass is 1190 g/mol. The summed E-state index contributed by atoms with van der Waals surface area (Å²) in [7, 11) is 0. The van der Waals surface area contributed by atoms with Gasteiger partial charge in [0, 0.05) is 70.8 Å². The summed E-state index contributed by atoms with van der Waals surface area (Å²) in [5.74, 6) is 1.40. The number of nitrogens with one attached hydrogen (secondary N) is 2. The molecule has 85 heavy (non-hydrogen) atoms. The molecule has 3 aromatic carbocycles. The predicted molar refractivity (Wildman–Crippen MR) is 329 cm³/mol. The summed E-state index contributed by atoms with van der Waals surface area (Å²) < 4.78 is 36.5. The summed E-state index contributed by atoms with van der Waals surface area (Å²) >= 11 is 1.59. The van der Waals surface area contributed by atoms with Gasteiger partial charge in [0.05, 0.1) is 86.5 Å². The minimum Gasteiger partial charge on any atom is -0.457 e. The number of thiazole rings is 1. The number of para-hydroxylation sites is 1. The van der Waals surface area contributed by atoms with Gasteiger partial charge < -0.3 is 59.7 Å². The van der Waals surface area contributed by atoms with Crippen molar-refractivity contribution in [1.82, 2.24) is 45.2 Å². The Morgan fingerprint density at radius 3 is 1.98 bits per heavy atom. The molecule has 2 aliphatic heterocycles. The highest BCUT2D eigenvalue weighted by molar-refractivity contribution is 7.13. The molecule has 0 radical (unpaired) electrons. The SMILES string of the molecule is Cc1ncsc1-c1ccc(CNC(=O)[C@@H]2C[C@@H](O)CN2C(=O)CC(C)(C)CNC(=O)CCCCCOCCOCCOCCOCCOCCCCCCN2CCC(n3nc(-c4ccc(Oc5ccccc5)cc4)c4c(N)ncnc43)CC2)cc1. The fourth-order valence-electron chi connectivity index (χ4n) is 10.7. The summed E-state index contributed by atoms with van der Waals surface area (Å²) in [6, 6.07) is 25.1. The number of aliphatic hydroxyl groups excluding tert-OH is 1. The third-order valence-electron chi connectivity index (χ3n) is 15.4. The van der Waals surface area contributed by atoms with Crippen LogP contribution in [0.25, 0.3) is 32.7 Å². The van der Waals surface area contributed by atoms with Gasteiger partial charge in [-0.15, -0.1) is 11.3 Å². The Kier molecular flexibility index (Phi) is 25.9. The average Bonchev–Trinajstić information content (AvgIpc) is 4.45. The molecule has 0 unspecified atom stereocenters. The molecule has 20 nitrogen and oxygen atoms in total. The van der Waals surface area contributed by atoms with E-state index < -0.39 is 17.6 Å². The summed E-state index contributed by atoms with van der Waals surface area (Å²) in [6.07, 6.45) is 10.4. The largest absolute Gasteiger partial charge is 0.457 e. The van der Waals surface area contributed by atoms with E-state index in [0.717, 1.165) is 127 Å². The third-order valence-corrected chi connectivity index (χ3v) is 16.4. The van der Waals surface area contributed by atoms with E-state index in [-0.39, 0.29) is 43.1 Å². The first kappa shape index (κ1) is 64.6. The number of nitrogen functional groups attached to an aromatic ring is 1. The zero-order chi connectivity index (χ0) is 59.6. The fourth-order valence-corrected chi connectivity index (χ4v) is 11.5. The van der Waals surface area contributed by atoms with Crippen LogP contribution in [0.15, 0.2) is 90.7 Å². The number of unbranched alkanes of at least 4 members (excludes halogenated alkanes) is 5. The molecule has 2 atom stereocenters. The van der Waals surface area contributed by atoms with Gasteiger partial charge in [-0.1, -0.05) is 75.6 Å². The molecule has 0 aliphatic carbocycles. The zero-order valence-corrected chi connectivity index (χ0v) is 50.7. The highest BCUT2D eigenvalue weighted by atomic mass is 32.1. The lowest BCUT2D eigenvalue weighted by Crippen LogP contribution is -2.47. The number of aromatic nitrogens is 5. The molecule has 2 aliphatic rings. The molecule has 2 fully saturated rings. The zero-order valence-electron chi connectivity index (χ0n) is 49.9. The van der Waals surface area contributed by atoms with Gasteiger partial charge in [-0.3, -0.25) is 14.4 Å². The molecule has 460 valence electrons. The van der Waals surface area contributed by atoms with Gasteiger partial charge in [0.2, 0.25) is 17.7 Å². The van der Waals surface area contributed by atoms with Crippen LogP contribution in [0.2, 0.25) is 0 Å². The highest BCUT2D eigenvalue weighted by Gasteiger charge is 2.40. The minimum absolute atomic E-state index is 0.0641. The number of nitrogens with zero attached hydrogens (tertiary/aromatic N) is 7. The molecule has 3 amide bonds. The van der Waals surface area contributed by atoms with E-state index in [0.29, 0.717) is 84.8 Å². The maximum absolute atomic E-state index is 13.5. The molecule has 5 heterocycles. The number of anilines is 1. The molecule has 21 heteroatoms. The van der Waals surface area contributed by atoms with Gasteiger partial charge in [-0.25, -0.2) is 19.6 Å². The molecule has 8 rings (SSSR count). The van der Waals surface area contributed by atoms with Crippen LogP contribution in [0.3, 0.4) is 0 Å².